The lowest BCUT2D eigenvalue weighted by Gasteiger charge is -2.38. The van der Waals surface area contributed by atoms with Gasteiger partial charge in [-0.25, -0.2) is 4.98 Å². The van der Waals surface area contributed by atoms with Gasteiger partial charge in [0.05, 0.1) is 5.52 Å². The summed E-state index contributed by atoms with van der Waals surface area (Å²) in [6, 6.07) is 18.3. The van der Waals surface area contributed by atoms with E-state index in [0.29, 0.717) is 12.5 Å². The van der Waals surface area contributed by atoms with Crippen LogP contribution in [0.15, 0.2) is 54.6 Å². The Morgan fingerprint density at radius 3 is 2.44 bits per heavy atom. The van der Waals surface area contributed by atoms with Crippen molar-refractivity contribution in [2.24, 2.45) is 5.92 Å². The molecule has 1 amide bonds. The number of pyridine rings is 1. The summed E-state index contributed by atoms with van der Waals surface area (Å²) in [4.78, 5) is 24.7. The maximum Gasteiger partial charge on any atom is 0.225 e. The molecule has 0 atom stereocenters. The first-order chi connectivity index (χ1) is 16.6. The predicted octanol–water partition coefficient (Wildman–Crippen LogP) is 4.49. The summed E-state index contributed by atoms with van der Waals surface area (Å²) in [7, 11) is 2.12. The number of nitrogens with one attached hydrogen (secondary N) is 1. The summed E-state index contributed by atoms with van der Waals surface area (Å²) in [5.41, 5.74) is 3.33. The fourth-order valence-electron chi connectivity index (χ4n) is 4.96. The number of likely N-dealkylation sites (N-methyl/N-ethyl adjacent to an activating group) is 1. The Bertz CT molecular complexity index is 1140. The van der Waals surface area contributed by atoms with E-state index in [1.165, 1.54) is 5.69 Å². The van der Waals surface area contributed by atoms with Gasteiger partial charge in [0, 0.05) is 73.9 Å². The smallest absolute Gasteiger partial charge is 0.225 e. The van der Waals surface area contributed by atoms with E-state index >= 15 is 0 Å². The first kappa shape index (κ1) is 22.9. The third kappa shape index (κ3) is 5.13. The quantitative estimate of drug-likeness (QED) is 0.586. The minimum atomic E-state index is 0.134. The van der Waals surface area contributed by atoms with Gasteiger partial charge in [-0.05, 0) is 43.7 Å². The highest BCUT2D eigenvalue weighted by Gasteiger charge is 2.30. The molecule has 0 bridgehead atoms. The van der Waals surface area contributed by atoms with Crippen LogP contribution in [0.4, 0.5) is 11.5 Å². The number of hydrogen-bond acceptors (Lipinski definition) is 5. The van der Waals surface area contributed by atoms with E-state index < -0.39 is 0 Å². The van der Waals surface area contributed by atoms with E-state index in [2.05, 4.69) is 51.3 Å². The standard InChI is InChI=1S/C27H32ClN5O/c1-31-14-16-33(17-15-31)27(34)21-10-12-32(13-11-21)25-18-26(30-24-5-3-2-4-23(24)25)29-19-20-6-8-22(28)9-7-20/h2-9,18,21H,10-17,19H2,1H3,(H,29,30). The van der Waals surface area contributed by atoms with Gasteiger partial charge in [-0.3, -0.25) is 4.79 Å². The van der Waals surface area contributed by atoms with Crippen LogP contribution in [-0.4, -0.2) is 67.0 Å². The van der Waals surface area contributed by atoms with Gasteiger partial charge in [-0.2, -0.15) is 0 Å². The number of hydrogen-bond donors (Lipinski definition) is 1. The first-order valence-corrected chi connectivity index (χ1v) is 12.5. The van der Waals surface area contributed by atoms with E-state index in [0.717, 1.165) is 79.4 Å². The van der Waals surface area contributed by atoms with Crippen LogP contribution in [-0.2, 0) is 11.3 Å². The number of rotatable bonds is 5. The van der Waals surface area contributed by atoms with Crippen LogP contribution in [0.5, 0.6) is 0 Å². The molecule has 6 nitrogen and oxygen atoms in total. The van der Waals surface area contributed by atoms with Crippen LogP contribution in [0.25, 0.3) is 10.9 Å². The molecule has 7 heteroatoms. The summed E-state index contributed by atoms with van der Waals surface area (Å²) >= 11 is 6.02. The van der Waals surface area contributed by atoms with Crippen LogP contribution in [0, 0.1) is 5.92 Å². The number of halogens is 1. The second-order valence-electron chi connectivity index (χ2n) is 9.41. The fourth-order valence-corrected chi connectivity index (χ4v) is 5.08. The molecular weight excluding hydrogens is 446 g/mol. The highest BCUT2D eigenvalue weighted by molar-refractivity contribution is 6.30. The Morgan fingerprint density at radius 2 is 1.71 bits per heavy atom. The molecule has 3 aromatic rings. The second kappa shape index (κ2) is 10.2. The first-order valence-electron chi connectivity index (χ1n) is 12.2. The molecule has 0 radical (unpaired) electrons. The number of carbonyl (C=O) groups excluding carboxylic acids is 1. The minimum absolute atomic E-state index is 0.134. The number of piperazine rings is 1. The largest absolute Gasteiger partial charge is 0.371 e. The summed E-state index contributed by atoms with van der Waals surface area (Å²) in [6.45, 7) is 6.10. The SMILES string of the molecule is CN1CCN(C(=O)C2CCN(c3cc(NCc4ccc(Cl)cc4)nc4ccccc34)CC2)CC1. The van der Waals surface area contributed by atoms with E-state index in [4.69, 9.17) is 16.6 Å². The monoisotopic (exact) mass is 477 g/mol. The number of nitrogens with zero attached hydrogens (tertiary/aromatic N) is 4. The van der Waals surface area contributed by atoms with Crippen molar-refractivity contribution >= 4 is 39.9 Å². The molecule has 178 valence electrons. The summed E-state index contributed by atoms with van der Waals surface area (Å²) < 4.78 is 0. The lowest BCUT2D eigenvalue weighted by molar-refractivity contribution is -0.137. The molecule has 1 aromatic heterocycles. The molecule has 1 N–H and O–H groups in total. The number of amides is 1. The average Bonchev–Trinajstić information content (AvgIpc) is 2.88. The van der Waals surface area contributed by atoms with E-state index in [1.54, 1.807) is 0 Å². The highest BCUT2D eigenvalue weighted by atomic mass is 35.5. The predicted molar refractivity (Wildman–Crippen MR) is 140 cm³/mol. The minimum Gasteiger partial charge on any atom is -0.371 e. The Balaban J connectivity index is 1.29. The van der Waals surface area contributed by atoms with E-state index in [1.807, 2.05) is 30.3 Å². The van der Waals surface area contributed by atoms with Crippen molar-refractivity contribution in [3.05, 3.63) is 65.2 Å². The Morgan fingerprint density at radius 1 is 1.00 bits per heavy atom. The zero-order valence-electron chi connectivity index (χ0n) is 19.7. The summed E-state index contributed by atoms with van der Waals surface area (Å²) in [6.07, 6.45) is 1.80. The third-order valence-corrected chi connectivity index (χ3v) is 7.33. The van der Waals surface area contributed by atoms with Crippen molar-refractivity contribution in [2.75, 3.05) is 56.5 Å². The van der Waals surface area contributed by atoms with Crippen LogP contribution < -0.4 is 10.2 Å². The molecule has 0 aliphatic carbocycles. The van der Waals surface area contributed by atoms with Gasteiger partial charge in [-0.15, -0.1) is 0 Å². The van der Waals surface area contributed by atoms with Crippen LogP contribution >= 0.6 is 11.6 Å². The highest BCUT2D eigenvalue weighted by Crippen LogP contribution is 2.32. The zero-order chi connectivity index (χ0) is 23.5. The third-order valence-electron chi connectivity index (χ3n) is 7.08. The zero-order valence-corrected chi connectivity index (χ0v) is 20.5. The van der Waals surface area contributed by atoms with Crippen molar-refractivity contribution < 1.29 is 4.79 Å². The van der Waals surface area contributed by atoms with Gasteiger partial charge < -0.3 is 20.0 Å². The lowest BCUT2D eigenvalue weighted by atomic mass is 9.94. The lowest BCUT2D eigenvalue weighted by Crippen LogP contribution is -2.50. The number of aromatic nitrogens is 1. The summed E-state index contributed by atoms with van der Waals surface area (Å²) in [5, 5.41) is 5.38. The van der Waals surface area contributed by atoms with Gasteiger partial charge in [0.2, 0.25) is 5.91 Å². The van der Waals surface area contributed by atoms with Crippen molar-refractivity contribution in [1.29, 1.82) is 0 Å². The van der Waals surface area contributed by atoms with Gasteiger partial charge in [0.25, 0.3) is 0 Å². The topological polar surface area (TPSA) is 51.7 Å². The molecule has 2 aliphatic heterocycles. The van der Waals surface area contributed by atoms with E-state index in [9.17, 15) is 4.79 Å². The second-order valence-corrected chi connectivity index (χ2v) is 9.85. The molecular formula is C27H32ClN5O. The molecule has 2 aliphatic rings. The summed E-state index contributed by atoms with van der Waals surface area (Å²) in [5.74, 6) is 1.34. The normalized spacial score (nSPS) is 17.8. The Kier molecular flexibility index (Phi) is 6.88. The van der Waals surface area contributed by atoms with Crippen molar-refractivity contribution in [2.45, 2.75) is 19.4 Å². The number of fused-ring (bicyclic) bond motifs is 1. The Labute approximate surface area is 206 Å². The van der Waals surface area contributed by atoms with Gasteiger partial charge in [0.15, 0.2) is 0 Å². The van der Waals surface area contributed by atoms with Gasteiger partial charge in [0.1, 0.15) is 5.82 Å². The number of benzene rings is 2. The van der Waals surface area contributed by atoms with Crippen molar-refractivity contribution in [3.63, 3.8) is 0 Å². The Hall–Kier alpha value is -2.83. The van der Waals surface area contributed by atoms with Gasteiger partial charge in [-0.1, -0.05) is 41.9 Å². The molecule has 34 heavy (non-hydrogen) atoms. The molecule has 3 heterocycles. The molecule has 2 aromatic carbocycles. The van der Waals surface area contributed by atoms with Gasteiger partial charge >= 0.3 is 0 Å². The van der Waals surface area contributed by atoms with Crippen molar-refractivity contribution in [1.82, 2.24) is 14.8 Å². The molecule has 5 rings (SSSR count). The van der Waals surface area contributed by atoms with E-state index in [-0.39, 0.29) is 5.92 Å². The molecule has 0 spiro atoms. The van der Waals surface area contributed by atoms with Crippen LogP contribution in [0.1, 0.15) is 18.4 Å². The molecule has 0 saturated carbocycles. The van der Waals surface area contributed by atoms with Crippen molar-refractivity contribution in [3.8, 4) is 0 Å². The number of carbonyl (C=O) groups is 1. The fraction of sp³-hybridized carbons (Fsp3) is 0.407. The molecule has 2 saturated heterocycles. The average molecular weight is 478 g/mol. The number of anilines is 2. The number of para-hydroxylation sites is 1. The maximum absolute atomic E-state index is 13.1. The van der Waals surface area contributed by atoms with Crippen LogP contribution in [0.3, 0.4) is 0 Å². The number of piperidine rings is 1. The van der Waals surface area contributed by atoms with Crippen LogP contribution in [0.2, 0.25) is 5.02 Å². The molecule has 2 fully saturated rings. The maximum atomic E-state index is 13.1. The molecule has 0 unspecified atom stereocenters.